The minimum Gasteiger partial charge on any atom is -0.330 e. The van der Waals surface area contributed by atoms with Gasteiger partial charge in [-0.3, -0.25) is 0 Å². The molecule has 0 aromatic heterocycles. The first kappa shape index (κ1) is 32.1. The molecule has 0 aliphatic rings. The first-order valence-electron chi connectivity index (χ1n) is 13.9. The van der Waals surface area contributed by atoms with Gasteiger partial charge >= 0.3 is 0 Å². The van der Waals surface area contributed by atoms with Crippen LogP contribution in [0.4, 0.5) is 0 Å². The van der Waals surface area contributed by atoms with Gasteiger partial charge < -0.3 is 9.32 Å². The van der Waals surface area contributed by atoms with Gasteiger partial charge in [-0.1, -0.05) is 75.7 Å². The maximum absolute atomic E-state index is 5.96. The number of rotatable bonds is 8. The molecule has 0 aliphatic heterocycles. The van der Waals surface area contributed by atoms with Crippen molar-refractivity contribution in [3.63, 3.8) is 0 Å². The summed E-state index contributed by atoms with van der Waals surface area (Å²) >= 11 is 0. The van der Waals surface area contributed by atoms with Crippen LogP contribution in [-0.2, 0) is 0 Å². The number of aryl methyl sites for hydroxylation is 4. The van der Waals surface area contributed by atoms with Gasteiger partial charge in [-0.05, 0) is 100 Å². The summed E-state index contributed by atoms with van der Waals surface area (Å²) in [6.07, 6.45) is 0. The van der Waals surface area contributed by atoms with Crippen molar-refractivity contribution in [3.05, 3.63) is 69.8 Å². The minimum atomic E-state index is -2.44. The maximum atomic E-state index is 5.96. The van der Waals surface area contributed by atoms with Crippen LogP contribution in [0.15, 0.2) is 45.7 Å². The summed E-state index contributed by atoms with van der Waals surface area (Å²) in [4.78, 5) is 0. The molecule has 0 spiro atoms. The Kier molecular flexibility index (Phi) is 9.36. The second-order valence-corrected chi connectivity index (χ2v) is 50.6. The Hall–Kier alpha value is -1.14. The Labute approximate surface area is 233 Å². The molecule has 37 heavy (non-hydrogen) atoms. The van der Waals surface area contributed by atoms with E-state index in [1.165, 1.54) is 44.1 Å². The largest absolute Gasteiger partial charge is 0.330 e. The van der Waals surface area contributed by atoms with Gasteiger partial charge in [0, 0.05) is 10.7 Å². The fourth-order valence-corrected chi connectivity index (χ4v) is 57.2. The predicted octanol–water partition coefficient (Wildman–Crippen LogP) is 9.23. The van der Waals surface area contributed by atoms with Gasteiger partial charge in [-0.15, -0.1) is 0 Å². The third-order valence-corrected chi connectivity index (χ3v) is 46.0. The van der Waals surface area contributed by atoms with Crippen molar-refractivity contribution in [2.45, 2.75) is 106 Å². The van der Waals surface area contributed by atoms with Gasteiger partial charge in [0.25, 0.3) is 0 Å². The average Bonchev–Trinajstić information content (AvgIpc) is 2.63. The van der Waals surface area contributed by atoms with Crippen LogP contribution in [0.3, 0.4) is 0 Å². The first-order valence-corrected chi connectivity index (χ1v) is 31.8. The van der Waals surface area contributed by atoms with Crippen molar-refractivity contribution >= 4 is 49.4 Å². The van der Waals surface area contributed by atoms with E-state index in [9.17, 15) is 0 Å². The van der Waals surface area contributed by atoms with Crippen molar-refractivity contribution in [1.82, 2.24) is 0 Å². The van der Waals surface area contributed by atoms with E-state index in [4.69, 9.17) is 9.32 Å². The average molecular weight is 583 g/mol. The molecule has 2 rings (SSSR count). The molecule has 2 nitrogen and oxygen atoms in total. The smallest absolute Gasteiger partial charge is 0.172 e. The van der Waals surface area contributed by atoms with Crippen molar-refractivity contribution in [2.75, 3.05) is 0 Å². The van der Waals surface area contributed by atoms with Crippen molar-refractivity contribution in [3.8, 4) is 0 Å². The van der Waals surface area contributed by atoms with E-state index in [2.05, 4.69) is 143 Å². The summed E-state index contributed by atoms with van der Waals surface area (Å²) in [5.41, 5.74) is 8.38. The molecule has 0 amide bonds. The molecule has 0 saturated carbocycles. The molecule has 2 aromatic carbocycles. The molecule has 0 saturated heterocycles. The Morgan fingerprint density at radius 3 is 0.892 bits per heavy atom. The van der Waals surface area contributed by atoms with Crippen LogP contribution >= 0.6 is 0 Å². The molecule has 0 heterocycles. The Morgan fingerprint density at radius 1 is 0.459 bits per heavy atom. The zero-order valence-corrected chi connectivity index (χ0v) is 31.9. The monoisotopic (exact) mass is 582 g/mol. The van der Waals surface area contributed by atoms with Gasteiger partial charge in [0.15, 0.2) is 16.5 Å². The van der Waals surface area contributed by atoms with Crippen LogP contribution in [0.25, 0.3) is 0 Å². The zero-order valence-electron chi connectivity index (χ0n) is 26.9. The molecule has 0 fully saturated rings. The normalized spacial score (nSPS) is 14.8. The van der Waals surface area contributed by atoms with Crippen LogP contribution in [0.1, 0.15) is 33.4 Å². The predicted molar refractivity (Wildman–Crippen MR) is 184 cm³/mol. The lowest BCUT2D eigenvalue weighted by Gasteiger charge is -2.53. The van der Waals surface area contributed by atoms with E-state index in [1.807, 2.05) is 0 Å². The fourth-order valence-electron chi connectivity index (χ4n) is 6.36. The molecule has 0 atom stereocenters. The Bertz CT molecular complexity index is 1060. The van der Waals surface area contributed by atoms with Crippen LogP contribution < -0.4 is 0 Å². The summed E-state index contributed by atoms with van der Waals surface area (Å²) < 4.78 is 11.9. The molecule has 0 bridgehead atoms. The highest BCUT2D eigenvalue weighted by molar-refractivity contribution is 7.87. The van der Waals surface area contributed by atoms with Crippen LogP contribution in [0, 0.1) is 27.7 Å². The maximum Gasteiger partial charge on any atom is 0.172 e. The van der Waals surface area contributed by atoms with Crippen molar-refractivity contribution in [2.24, 2.45) is 9.32 Å². The zero-order chi connectivity index (χ0) is 28.8. The fraction of sp³-hybridized carbons (Fsp3) is 0.533. The van der Waals surface area contributed by atoms with Gasteiger partial charge in [0.1, 0.15) is 7.11 Å². The standard InChI is InChI=1S/C30H54N2Si5/c1-23-19-17-20-24(2)27(23)29(31-33(5,6)7)37(35(11,12)13,36(14,15)16)30(32-34(8,9)10)28-25(3)21-18-22-26(28)4/h17-22H,1-16H3/b31-29+,32-30+. The van der Waals surface area contributed by atoms with Crippen LogP contribution in [0.2, 0.25) is 78.6 Å². The highest BCUT2D eigenvalue weighted by atomic mass is 29.6. The lowest BCUT2D eigenvalue weighted by atomic mass is 10.0. The van der Waals surface area contributed by atoms with E-state index >= 15 is 0 Å². The van der Waals surface area contributed by atoms with E-state index < -0.39 is 38.8 Å². The number of nitrogens with zero attached hydrogens (tertiary/aromatic N) is 2. The highest BCUT2D eigenvalue weighted by Gasteiger charge is 2.63. The molecule has 2 aromatic rings. The van der Waals surface area contributed by atoms with Crippen LogP contribution in [-0.4, -0.2) is 49.4 Å². The molecule has 0 radical (unpaired) electrons. The van der Waals surface area contributed by atoms with Gasteiger partial charge in [0.2, 0.25) is 0 Å². The molecule has 0 unspecified atom stereocenters. The second kappa shape index (κ2) is 10.8. The number of hydrogen-bond donors (Lipinski definition) is 0. The second-order valence-electron chi connectivity index (χ2n) is 15.0. The lowest BCUT2D eigenvalue weighted by molar-refractivity contribution is 1.35. The molecular weight excluding hydrogens is 529 g/mol. The van der Waals surface area contributed by atoms with Gasteiger partial charge in [0.05, 0.1) is 15.2 Å². The summed E-state index contributed by atoms with van der Waals surface area (Å²) in [5, 5.41) is 3.00. The molecule has 0 N–H and O–H groups in total. The summed E-state index contributed by atoms with van der Waals surface area (Å²) in [6, 6.07) is 13.7. The molecular formula is C30H54N2Si5. The van der Waals surface area contributed by atoms with Crippen molar-refractivity contribution in [1.29, 1.82) is 0 Å². The van der Waals surface area contributed by atoms with E-state index in [-0.39, 0.29) is 0 Å². The van der Waals surface area contributed by atoms with E-state index in [0.29, 0.717) is 0 Å². The minimum absolute atomic E-state index is 1.37. The topological polar surface area (TPSA) is 24.7 Å². The summed E-state index contributed by atoms with van der Waals surface area (Å²) in [6.45, 7) is 39.7. The van der Waals surface area contributed by atoms with E-state index in [0.717, 1.165) is 0 Å². The Morgan fingerprint density at radius 2 is 0.703 bits per heavy atom. The van der Waals surface area contributed by atoms with Crippen LogP contribution in [0.5, 0.6) is 0 Å². The molecule has 0 aliphatic carbocycles. The summed E-state index contributed by atoms with van der Waals surface area (Å²) in [5.74, 6) is 0. The lowest BCUT2D eigenvalue weighted by Crippen LogP contribution is -2.81. The Balaban J connectivity index is 3.43. The quantitative estimate of drug-likeness (QED) is 0.219. The van der Waals surface area contributed by atoms with E-state index in [1.54, 1.807) is 0 Å². The number of benzene rings is 2. The summed E-state index contributed by atoms with van der Waals surface area (Å²) in [7, 11) is -9.83. The van der Waals surface area contributed by atoms with Gasteiger partial charge in [-0.2, -0.15) is 0 Å². The third kappa shape index (κ3) is 6.72. The highest BCUT2D eigenvalue weighted by Crippen LogP contribution is 2.40. The van der Waals surface area contributed by atoms with Gasteiger partial charge in [-0.25, -0.2) is 0 Å². The third-order valence-electron chi connectivity index (χ3n) is 7.29. The molecule has 204 valence electrons. The number of hydrogen-bond acceptors (Lipinski definition) is 2. The molecule has 7 heteroatoms. The first-order chi connectivity index (χ1) is 16.5. The van der Waals surface area contributed by atoms with Crippen molar-refractivity contribution < 1.29 is 0 Å². The SMILES string of the molecule is Cc1cccc(C)c1/C(=N\[Si](C)(C)C)[Si](/C(=N/[Si](C)(C)C)c1c(C)cccc1C)([Si](C)(C)C)[Si](C)(C)C.